The predicted octanol–water partition coefficient (Wildman–Crippen LogP) is 3.30. The quantitative estimate of drug-likeness (QED) is 0.869. The maximum Gasteiger partial charge on any atom is 0.346 e. The lowest BCUT2D eigenvalue weighted by molar-refractivity contribution is 0.134. The molecule has 0 amide bonds. The number of nitrogens with zero attached hydrogens (tertiary/aromatic N) is 3. The third-order valence-electron chi connectivity index (χ3n) is 3.80. The first-order valence-electron chi connectivity index (χ1n) is 6.99. The topological polar surface area (TPSA) is 39.8 Å². The van der Waals surface area contributed by atoms with Crippen molar-refractivity contribution in [1.82, 2.24) is 14.3 Å². The van der Waals surface area contributed by atoms with E-state index in [2.05, 4.69) is 5.10 Å². The van der Waals surface area contributed by atoms with Gasteiger partial charge in [0.2, 0.25) is 5.82 Å². The third-order valence-corrected chi connectivity index (χ3v) is 3.80. The molecule has 0 aliphatic rings. The minimum atomic E-state index is -2.78. The third kappa shape index (κ3) is 3.00. The van der Waals surface area contributed by atoms with Gasteiger partial charge in [-0.3, -0.25) is 4.57 Å². The highest BCUT2D eigenvalue weighted by molar-refractivity contribution is 5.64. The minimum Gasteiger partial charge on any atom is -0.270 e. The minimum absolute atomic E-state index is 0.0863. The van der Waals surface area contributed by atoms with Gasteiger partial charge in [-0.1, -0.05) is 18.2 Å². The summed E-state index contributed by atoms with van der Waals surface area (Å²) in [6.45, 7) is 5.90. The van der Waals surface area contributed by atoms with Crippen LogP contribution in [-0.2, 0) is 13.6 Å². The van der Waals surface area contributed by atoms with E-state index in [-0.39, 0.29) is 6.54 Å². The van der Waals surface area contributed by atoms with Crippen LogP contribution >= 0.6 is 0 Å². The van der Waals surface area contributed by atoms with Crippen LogP contribution in [0.3, 0.4) is 0 Å². The molecule has 0 aliphatic heterocycles. The second-order valence-corrected chi connectivity index (χ2v) is 5.26. The van der Waals surface area contributed by atoms with Crippen molar-refractivity contribution >= 4 is 5.57 Å². The highest BCUT2D eigenvalue weighted by Crippen LogP contribution is 2.21. The maximum absolute atomic E-state index is 13.0. The molecule has 0 bridgehead atoms. The number of aromatic nitrogens is 3. The second-order valence-electron chi connectivity index (χ2n) is 5.26. The summed E-state index contributed by atoms with van der Waals surface area (Å²) in [6.07, 6.45) is -0.801. The molecule has 0 saturated carbocycles. The highest BCUT2D eigenvalue weighted by Gasteiger charge is 2.20. The SMILES string of the molecule is C/C=C(\C)c1ccc(C)c(Cn2c(C(F)F)nn(C)c2=O)c1. The zero-order valence-electron chi connectivity index (χ0n) is 13.1. The lowest BCUT2D eigenvalue weighted by atomic mass is 10.0. The Labute approximate surface area is 127 Å². The van der Waals surface area contributed by atoms with Gasteiger partial charge in [0.15, 0.2) is 0 Å². The Hall–Kier alpha value is -2.24. The number of hydrogen-bond donors (Lipinski definition) is 0. The summed E-state index contributed by atoms with van der Waals surface area (Å²) in [7, 11) is 1.37. The van der Waals surface area contributed by atoms with Gasteiger partial charge in [-0.25, -0.2) is 18.3 Å². The Bertz CT molecular complexity index is 772. The first-order valence-corrected chi connectivity index (χ1v) is 6.99. The first kappa shape index (κ1) is 16.1. The smallest absolute Gasteiger partial charge is 0.270 e. The van der Waals surface area contributed by atoms with Crippen LogP contribution < -0.4 is 5.69 Å². The van der Waals surface area contributed by atoms with E-state index in [9.17, 15) is 13.6 Å². The zero-order chi connectivity index (χ0) is 16.4. The standard InChI is InChI=1S/C16H19F2N3O/c1-5-10(2)12-7-6-11(3)13(8-12)9-21-15(14(17)18)19-20(4)16(21)22/h5-8,14H,9H2,1-4H3/b10-5+. The molecular formula is C16H19F2N3O. The molecule has 0 N–H and O–H groups in total. The monoisotopic (exact) mass is 307 g/mol. The van der Waals surface area contributed by atoms with E-state index in [4.69, 9.17) is 0 Å². The number of halogens is 2. The van der Waals surface area contributed by atoms with E-state index in [0.717, 1.165) is 31.5 Å². The van der Waals surface area contributed by atoms with E-state index in [0.29, 0.717) is 0 Å². The molecule has 1 aromatic heterocycles. The lowest BCUT2D eigenvalue weighted by Crippen LogP contribution is -2.24. The van der Waals surface area contributed by atoms with Crippen molar-refractivity contribution in [2.45, 2.75) is 33.7 Å². The number of aryl methyl sites for hydroxylation is 2. The van der Waals surface area contributed by atoms with Gasteiger partial charge in [-0.05, 0) is 49.1 Å². The van der Waals surface area contributed by atoms with Gasteiger partial charge in [0, 0.05) is 7.05 Å². The molecule has 1 aromatic carbocycles. The fourth-order valence-corrected chi connectivity index (χ4v) is 2.26. The van der Waals surface area contributed by atoms with Crippen molar-refractivity contribution in [3.63, 3.8) is 0 Å². The van der Waals surface area contributed by atoms with Crippen molar-refractivity contribution in [3.8, 4) is 0 Å². The normalized spacial score (nSPS) is 12.2. The Balaban J connectivity index is 2.50. The summed E-state index contributed by atoms with van der Waals surface area (Å²) in [5.74, 6) is -0.500. The van der Waals surface area contributed by atoms with Gasteiger partial charge in [0.25, 0.3) is 6.43 Å². The summed E-state index contributed by atoms with van der Waals surface area (Å²) >= 11 is 0. The Morgan fingerprint density at radius 3 is 2.68 bits per heavy atom. The van der Waals surface area contributed by atoms with Crippen molar-refractivity contribution in [2.24, 2.45) is 7.05 Å². The van der Waals surface area contributed by atoms with E-state index in [1.807, 2.05) is 45.0 Å². The molecule has 0 atom stereocenters. The average Bonchev–Trinajstić information content (AvgIpc) is 2.77. The molecule has 22 heavy (non-hydrogen) atoms. The fraction of sp³-hybridized carbons (Fsp3) is 0.375. The molecule has 6 heteroatoms. The summed E-state index contributed by atoms with van der Waals surface area (Å²) in [5.41, 5.74) is 3.34. The second kappa shape index (κ2) is 6.25. The van der Waals surface area contributed by atoms with Crippen molar-refractivity contribution in [2.75, 3.05) is 0 Å². The first-order chi connectivity index (χ1) is 10.3. The van der Waals surface area contributed by atoms with Crippen molar-refractivity contribution < 1.29 is 8.78 Å². The highest BCUT2D eigenvalue weighted by atomic mass is 19.3. The number of benzene rings is 1. The molecule has 4 nitrogen and oxygen atoms in total. The number of hydrogen-bond acceptors (Lipinski definition) is 2. The molecule has 0 aliphatic carbocycles. The summed E-state index contributed by atoms with van der Waals surface area (Å²) in [6, 6.07) is 5.84. The Morgan fingerprint density at radius 1 is 1.41 bits per heavy atom. The van der Waals surface area contributed by atoms with E-state index < -0.39 is 17.9 Å². The summed E-state index contributed by atoms with van der Waals surface area (Å²) in [4.78, 5) is 12.0. The molecule has 2 rings (SSSR count). The molecular weight excluding hydrogens is 288 g/mol. The molecule has 1 heterocycles. The van der Waals surface area contributed by atoms with Gasteiger partial charge in [0.1, 0.15) is 0 Å². The van der Waals surface area contributed by atoms with Crippen LogP contribution in [0.1, 0.15) is 42.8 Å². The number of allylic oxidation sites excluding steroid dienone is 2. The van der Waals surface area contributed by atoms with Crippen LogP contribution in [0.4, 0.5) is 8.78 Å². The van der Waals surface area contributed by atoms with E-state index >= 15 is 0 Å². The van der Waals surface area contributed by atoms with Crippen molar-refractivity contribution in [3.05, 3.63) is 57.3 Å². The fourth-order valence-electron chi connectivity index (χ4n) is 2.26. The van der Waals surface area contributed by atoms with Crippen LogP contribution in [0.5, 0.6) is 0 Å². The summed E-state index contributed by atoms with van der Waals surface area (Å²) < 4.78 is 28.1. The predicted molar refractivity (Wildman–Crippen MR) is 82.0 cm³/mol. The van der Waals surface area contributed by atoms with Crippen LogP contribution in [0, 0.1) is 6.92 Å². The van der Waals surface area contributed by atoms with Crippen LogP contribution in [0.2, 0.25) is 0 Å². The van der Waals surface area contributed by atoms with Gasteiger partial charge in [-0.15, -0.1) is 5.10 Å². The summed E-state index contributed by atoms with van der Waals surface area (Å²) in [5, 5.41) is 3.61. The Kier molecular flexibility index (Phi) is 4.59. The van der Waals surface area contributed by atoms with Gasteiger partial charge in [-0.2, -0.15) is 0 Å². The molecule has 0 fully saturated rings. The molecule has 0 unspecified atom stereocenters. The van der Waals surface area contributed by atoms with Gasteiger partial charge < -0.3 is 0 Å². The van der Waals surface area contributed by atoms with Crippen LogP contribution in [0.25, 0.3) is 5.57 Å². The van der Waals surface area contributed by atoms with Crippen molar-refractivity contribution in [1.29, 1.82) is 0 Å². The molecule has 0 radical (unpaired) electrons. The van der Waals surface area contributed by atoms with Gasteiger partial charge >= 0.3 is 5.69 Å². The lowest BCUT2D eigenvalue weighted by Gasteiger charge is -2.11. The maximum atomic E-state index is 13.0. The largest absolute Gasteiger partial charge is 0.346 e. The molecule has 0 saturated heterocycles. The Morgan fingerprint density at radius 2 is 2.09 bits per heavy atom. The van der Waals surface area contributed by atoms with E-state index in [1.165, 1.54) is 7.05 Å². The average molecular weight is 307 g/mol. The van der Waals surface area contributed by atoms with Crippen LogP contribution in [-0.4, -0.2) is 14.3 Å². The molecule has 118 valence electrons. The van der Waals surface area contributed by atoms with E-state index in [1.54, 1.807) is 0 Å². The molecule has 0 spiro atoms. The number of rotatable bonds is 4. The van der Waals surface area contributed by atoms with Crippen LogP contribution in [0.15, 0.2) is 29.1 Å². The van der Waals surface area contributed by atoms with Gasteiger partial charge in [0.05, 0.1) is 6.54 Å². The molecule has 2 aromatic rings. The number of alkyl halides is 2. The zero-order valence-corrected chi connectivity index (χ0v) is 13.1.